The molecule has 0 aliphatic carbocycles. The number of carbonyl (C=O) groups is 1. The van der Waals surface area contributed by atoms with E-state index in [1.165, 1.54) is 4.68 Å². The van der Waals surface area contributed by atoms with Crippen molar-refractivity contribution in [2.75, 3.05) is 31.1 Å². The Hall–Kier alpha value is -2.48. The summed E-state index contributed by atoms with van der Waals surface area (Å²) >= 11 is 5.35. The molecule has 0 atom stereocenters. The molecule has 23 heavy (non-hydrogen) atoms. The molecule has 1 aliphatic rings. The first kappa shape index (κ1) is 15.4. The number of nitrogens with zero attached hydrogens (tertiary/aromatic N) is 5. The Kier molecular flexibility index (Phi) is 4.52. The molecule has 1 aliphatic heterocycles. The minimum absolute atomic E-state index is 0.234. The second-order valence-electron chi connectivity index (χ2n) is 5.26. The summed E-state index contributed by atoms with van der Waals surface area (Å²) < 4.78 is 1.52. The largest absolute Gasteiger partial charge is 0.353 e. The average molecular weight is 330 g/mol. The fourth-order valence-corrected chi connectivity index (χ4v) is 2.79. The summed E-state index contributed by atoms with van der Waals surface area (Å²) in [5, 5.41) is 7.21. The molecule has 2 aromatic heterocycles. The van der Waals surface area contributed by atoms with Crippen molar-refractivity contribution in [2.45, 2.75) is 0 Å². The molecule has 0 saturated carbocycles. The lowest BCUT2D eigenvalue weighted by Crippen LogP contribution is -2.53. The second-order valence-corrected chi connectivity index (χ2v) is 5.65. The maximum absolute atomic E-state index is 12.2. The Balaban J connectivity index is 1.54. The summed E-state index contributed by atoms with van der Waals surface area (Å²) in [6, 6.07) is 7.55. The maximum Gasteiger partial charge on any atom is 0.275 e. The molecule has 8 heteroatoms. The van der Waals surface area contributed by atoms with Gasteiger partial charge in [0.15, 0.2) is 5.11 Å². The highest BCUT2D eigenvalue weighted by molar-refractivity contribution is 7.80. The minimum atomic E-state index is -0.234. The van der Waals surface area contributed by atoms with Crippen molar-refractivity contribution < 1.29 is 4.79 Å². The Morgan fingerprint density at radius 1 is 1.17 bits per heavy atom. The number of anilines is 1. The smallest absolute Gasteiger partial charge is 0.275 e. The molecule has 120 valence electrons. The van der Waals surface area contributed by atoms with Crippen molar-refractivity contribution in [3.05, 3.63) is 42.4 Å². The van der Waals surface area contributed by atoms with Gasteiger partial charge in [-0.3, -0.25) is 14.8 Å². The van der Waals surface area contributed by atoms with Crippen molar-refractivity contribution in [1.82, 2.24) is 25.0 Å². The standard InChI is InChI=1S/C15H18N6OS/c1-19-12(5-7-17-19)14(22)18-15(23)21-10-8-20(9-11-21)13-4-2-3-6-16-13/h2-7H,8-11H2,1H3,(H,18,22,23). The average Bonchev–Trinajstić information content (AvgIpc) is 3.02. The van der Waals surface area contributed by atoms with Crippen molar-refractivity contribution in [3.63, 3.8) is 0 Å². The van der Waals surface area contributed by atoms with E-state index in [-0.39, 0.29) is 5.91 Å². The number of hydrogen-bond acceptors (Lipinski definition) is 5. The molecule has 3 rings (SSSR count). The van der Waals surface area contributed by atoms with E-state index in [4.69, 9.17) is 12.2 Å². The van der Waals surface area contributed by atoms with Gasteiger partial charge in [-0.25, -0.2) is 4.98 Å². The van der Waals surface area contributed by atoms with E-state index >= 15 is 0 Å². The maximum atomic E-state index is 12.2. The summed E-state index contributed by atoms with van der Waals surface area (Å²) in [6.07, 6.45) is 3.38. The number of amides is 1. The molecule has 1 saturated heterocycles. The first-order chi connectivity index (χ1) is 11.1. The van der Waals surface area contributed by atoms with Crippen LogP contribution in [0.4, 0.5) is 5.82 Å². The molecule has 0 bridgehead atoms. The van der Waals surface area contributed by atoms with Crippen LogP contribution in [0.1, 0.15) is 10.5 Å². The Morgan fingerprint density at radius 2 is 1.96 bits per heavy atom. The van der Waals surface area contributed by atoms with E-state index in [0.717, 1.165) is 32.0 Å². The third kappa shape index (κ3) is 3.48. The minimum Gasteiger partial charge on any atom is -0.353 e. The molecule has 1 fully saturated rings. The fraction of sp³-hybridized carbons (Fsp3) is 0.333. The van der Waals surface area contributed by atoms with E-state index in [9.17, 15) is 4.79 Å². The Bertz CT molecular complexity index is 693. The Morgan fingerprint density at radius 3 is 2.57 bits per heavy atom. The van der Waals surface area contributed by atoms with E-state index < -0.39 is 0 Å². The predicted molar refractivity (Wildman–Crippen MR) is 91.3 cm³/mol. The number of hydrogen-bond donors (Lipinski definition) is 1. The van der Waals surface area contributed by atoms with E-state index in [1.807, 2.05) is 23.1 Å². The number of aryl methyl sites for hydroxylation is 1. The van der Waals surface area contributed by atoms with Crippen LogP contribution in [0.15, 0.2) is 36.7 Å². The van der Waals surface area contributed by atoms with Gasteiger partial charge in [0.25, 0.3) is 5.91 Å². The number of piperazine rings is 1. The van der Waals surface area contributed by atoms with Crippen LogP contribution >= 0.6 is 12.2 Å². The summed E-state index contributed by atoms with van der Waals surface area (Å²) in [5.74, 6) is 0.735. The lowest BCUT2D eigenvalue weighted by Gasteiger charge is -2.36. The number of pyridine rings is 1. The third-order valence-electron chi connectivity index (χ3n) is 3.81. The number of rotatable bonds is 2. The molecule has 0 unspecified atom stereocenters. The van der Waals surface area contributed by atoms with Crippen LogP contribution in [0.3, 0.4) is 0 Å². The first-order valence-electron chi connectivity index (χ1n) is 7.39. The van der Waals surface area contributed by atoms with Crippen molar-refractivity contribution in [3.8, 4) is 0 Å². The highest BCUT2D eigenvalue weighted by atomic mass is 32.1. The van der Waals surface area contributed by atoms with Crippen LogP contribution in [-0.4, -0.2) is 56.9 Å². The van der Waals surface area contributed by atoms with Gasteiger partial charge in [0, 0.05) is 45.6 Å². The highest BCUT2D eigenvalue weighted by Gasteiger charge is 2.21. The molecule has 2 aromatic rings. The van der Waals surface area contributed by atoms with Crippen molar-refractivity contribution in [1.29, 1.82) is 0 Å². The van der Waals surface area contributed by atoms with Crippen LogP contribution < -0.4 is 10.2 Å². The molecule has 1 amide bonds. The lowest BCUT2D eigenvalue weighted by molar-refractivity contribution is 0.0964. The van der Waals surface area contributed by atoms with Crippen molar-refractivity contribution >= 4 is 29.1 Å². The summed E-state index contributed by atoms with van der Waals surface area (Å²) in [7, 11) is 1.73. The molecular weight excluding hydrogens is 312 g/mol. The van der Waals surface area contributed by atoms with Gasteiger partial charge in [-0.2, -0.15) is 5.10 Å². The van der Waals surface area contributed by atoms with Crippen LogP contribution in [-0.2, 0) is 7.05 Å². The van der Waals surface area contributed by atoms with Crippen LogP contribution in [0.5, 0.6) is 0 Å². The molecule has 3 heterocycles. The molecule has 1 N–H and O–H groups in total. The SMILES string of the molecule is Cn1nccc1C(=O)NC(=S)N1CCN(c2ccccn2)CC1. The highest BCUT2D eigenvalue weighted by Crippen LogP contribution is 2.12. The van der Waals surface area contributed by atoms with Crippen molar-refractivity contribution in [2.24, 2.45) is 7.05 Å². The van der Waals surface area contributed by atoms with Gasteiger partial charge < -0.3 is 9.80 Å². The molecule has 0 radical (unpaired) electrons. The molecule has 7 nitrogen and oxygen atoms in total. The molecule has 0 spiro atoms. The molecule has 0 aromatic carbocycles. The van der Waals surface area contributed by atoms with E-state index in [2.05, 4.69) is 20.3 Å². The number of carbonyl (C=O) groups excluding carboxylic acids is 1. The third-order valence-corrected chi connectivity index (χ3v) is 4.17. The van der Waals surface area contributed by atoms with Crippen LogP contribution in [0, 0.1) is 0 Å². The van der Waals surface area contributed by atoms with Gasteiger partial charge >= 0.3 is 0 Å². The van der Waals surface area contributed by atoms with Gasteiger partial charge in [0.05, 0.1) is 0 Å². The van der Waals surface area contributed by atoms with Gasteiger partial charge in [-0.05, 0) is 30.4 Å². The zero-order chi connectivity index (χ0) is 16.2. The van der Waals surface area contributed by atoms with Crippen LogP contribution in [0.25, 0.3) is 0 Å². The number of thiocarbonyl (C=S) groups is 1. The fourth-order valence-electron chi connectivity index (χ4n) is 2.52. The summed E-state index contributed by atoms with van der Waals surface area (Å²) in [5.41, 5.74) is 0.486. The molecular formula is C15H18N6OS. The quantitative estimate of drug-likeness (QED) is 0.816. The van der Waals surface area contributed by atoms with E-state index in [0.29, 0.717) is 10.8 Å². The van der Waals surface area contributed by atoms with Gasteiger partial charge in [0.1, 0.15) is 11.5 Å². The number of aromatic nitrogens is 3. The predicted octanol–water partition coefficient (Wildman–Crippen LogP) is 0.652. The number of nitrogens with one attached hydrogen (secondary N) is 1. The summed E-state index contributed by atoms with van der Waals surface area (Å²) in [4.78, 5) is 20.7. The Labute approximate surface area is 139 Å². The monoisotopic (exact) mass is 330 g/mol. The zero-order valence-electron chi connectivity index (χ0n) is 12.8. The zero-order valence-corrected chi connectivity index (χ0v) is 13.7. The lowest BCUT2D eigenvalue weighted by atomic mass is 10.3. The van der Waals surface area contributed by atoms with Gasteiger partial charge in [-0.15, -0.1) is 0 Å². The van der Waals surface area contributed by atoms with E-state index in [1.54, 1.807) is 25.5 Å². The topological polar surface area (TPSA) is 66.3 Å². The van der Waals surface area contributed by atoms with Crippen LogP contribution in [0.2, 0.25) is 0 Å². The van der Waals surface area contributed by atoms with Gasteiger partial charge in [-0.1, -0.05) is 6.07 Å². The first-order valence-corrected chi connectivity index (χ1v) is 7.80. The normalized spacial score (nSPS) is 14.7. The second kappa shape index (κ2) is 6.74. The summed E-state index contributed by atoms with van der Waals surface area (Å²) in [6.45, 7) is 3.14. The van der Waals surface area contributed by atoms with Gasteiger partial charge in [0.2, 0.25) is 0 Å².